The minimum Gasteiger partial charge on any atom is -0.478 e. The first-order chi connectivity index (χ1) is 9.30. The Labute approximate surface area is 122 Å². The molecule has 0 amide bonds. The molecule has 0 bridgehead atoms. The van der Waals surface area contributed by atoms with Crippen LogP contribution < -0.4 is 4.74 Å². The van der Waals surface area contributed by atoms with Crippen LogP contribution >= 0.6 is 11.6 Å². The average molecular weight is 284 g/mol. The van der Waals surface area contributed by atoms with Crippen molar-refractivity contribution in [3.8, 4) is 5.88 Å². The number of hydrogen-bond acceptors (Lipinski definition) is 2. The minimum atomic E-state index is 0.517. The van der Waals surface area contributed by atoms with Crippen molar-refractivity contribution in [1.82, 2.24) is 4.98 Å². The zero-order valence-corrected chi connectivity index (χ0v) is 13.0. The largest absolute Gasteiger partial charge is 0.478 e. The second-order valence-electron chi connectivity index (χ2n) is 4.91. The maximum absolute atomic E-state index is 5.88. The molecule has 0 saturated heterocycles. The van der Waals surface area contributed by atoms with Gasteiger partial charge < -0.3 is 4.74 Å². The Kier molecular flexibility index (Phi) is 8.64. The lowest BCUT2D eigenvalue weighted by atomic mass is 10.1. The van der Waals surface area contributed by atoms with Crippen LogP contribution in [0.3, 0.4) is 0 Å². The highest BCUT2D eigenvalue weighted by atomic mass is 35.5. The van der Waals surface area contributed by atoms with Crippen LogP contribution in [0.4, 0.5) is 0 Å². The van der Waals surface area contributed by atoms with Gasteiger partial charge in [-0.1, -0.05) is 46.0 Å². The summed E-state index contributed by atoms with van der Waals surface area (Å²) >= 11 is 5.88. The van der Waals surface area contributed by atoms with E-state index in [1.807, 2.05) is 12.1 Å². The van der Waals surface area contributed by atoms with Gasteiger partial charge in [0, 0.05) is 17.6 Å². The second-order valence-corrected chi connectivity index (χ2v) is 5.18. The van der Waals surface area contributed by atoms with Crippen molar-refractivity contribution in [3.63, 3.8) is 0 Å². The number of ether oxygens (including phenoxy) is 1. The second kappa shape index (κ2) is 10.1. The zero-order chi connectivity index (χ0) is 13.9. The molecule has 3 heteroatoms. The Morgan fingerprint density at radius 3 is 2.47 bits per heavy atom. The quantitative estimate of drug-likeness (QED) is 0.439. The number of pyridine rings is 1. The maximum atomic E-state index is 5.88. The van der Waals surface area contributed by atoms with Crippen LogP contribution in [0.2, 0.25) is 0 Å². The summed E-state index contributed by atoms with van der Waals surface area (Å²) in [4.78, 5) is 4.47. The number of unbranched alkanes of at least 4 members (excludes halogenated alkanes) is 5. The highest BCUT2D eigenvalue weighted by molar-refractivity contribution is 6.17. The predicted octanol–water partition coefficient (Wildman–Crippen LogP) is 5.12. The van der Waals surface area contributed by atoms with E-state index in [1.54, 1.807) is 0 Å². The first kappa shape index (κ1) is 16.3. The fourth-order valence-electron chi connectivity index (χ4n) is 2.01. The van der Waals surface area contributed by atoms with Gasteiger partial charge in [0.05, 0.1) is 6.61 Å². The first-order valence-corrected chi connectivity index (χ1v) is 8.02. The van der Waals surface area contributed by atoms with Gasteiger partial charge in [-0.2, -0.15) is 0 Å². The highest BCUT2D eigenvalue weighted by Gasteiger charge is 2.02. The topological polar surface area (TPSA) is 22.1 Å². The van der Waals surface area contributed by atoms with Gasteiger partial charge in [-0.3, -0.25) is 0 Å². The molecule has 0 saturated carbocycles. The van der Waals surface area contributed by atoms with Crippen molar-refractivity contribution in [1.29, 1.82) is 0 Å². The number of alkyl halides is 1. The third-order valence-corrected chi connectivity index (χ3v) is 3.49. The summed E-state index contributed by atoms with van der Waals surface area (Å²) in [6.45, 7) is 5.09. The number of rotatable bonds is 10. The molecule has 0 aliphatic carbocycles. The Bertz CT molecular complexity index is 332. The van der Waals surface area contributed by atoms with Crippen molar-refractivity contribution in [3.05, 3.63) is 23.4 Å². The van der Waals surface area contributed by atoms with E-state index in [-0.39, 0.29) is 0 Å². The summed E-state index contributed by atoms with van der Waals surface area (Å²) in [6.07, 6.45) is 8.57. The Balaban J connectivity index is 2.28. The van der Waals surface area contributed by atoms with Crippen LogP contribution in [-0.2, 0) is 12.3 Å². The standard InChI is InChI=1S/C16H26ClNO/c1-3-5-6-7-8-9-10-19-16-12-14(13-17)11-15(4-2)18-16/h11-12H,3-10,13H2,1-2H3. The SMILES string of the molecule is CCCCCCCCOc1cc(CCl)cc(CC)n1. The molecule has 19 heavy (non-hydrogen) atoms. The molecule has 2 nitrogen and oxygen atoms in total. The summed E-state index contributed by atoms with van der Waals surface area (Å²) in [5.41, 5.74) is 2.14. The van der Waals surface area contributed by atoms with E-state index < -0.39 is 0 Å². The first-order valence-electron chi connectivity index (χ1n) is 7.48. The Hall–Kier alpha value is -0.760. The summed E-state index contributed by atoms with van der Waals surface area (Å²) < 4.78 is 5.73. The van der Waals surface area contributed by atoms with Gasteiger partial charge in [0.15, 0.2) is 0 Å². The summed E-state index contributed by atoms with van der Waals surface area (Å²) in [5.74, 6) is 1.24. The lowest BCUT2D eigenvalue weighted by Crippen LogP contribution is -2.01. The van der Waals surface area contributed by atoms with Crippen LogP contribution in [0.5, 0.6) is 5.88 Å². The molecule has 1 aromatic rings. The zero-order valence-electron chi connectivity index (χ0n) is 12.3. The Morgan fingerprint density at radius 1 is 1.05 bits per heavy atom. The van der Waals surface area contributed by atoms with Gasteiger partial charge in [-0.05, 0) is 24.5 Å². The molecule has 1 aromatic heterocycles. The average Bonchev–Trinajstić information content (AvgIpc) is 2.45. The van der Waals surface area contributed by atoms with Crippen molar-refractivity contribution in [2.75, 3.05) is 6.61 Å². The van der Waals surface area contributed by atoms with E-state index in [1.165, 1.54) is 32.1 Å². The molecule has 1 heterocycles. The monoisotopic (exact) mass is 283 g/mol. The number of aryl methyl sites for hydroxylation is 1. The van der Waals surface area contributed by atoms with Gasteiger partial charge >= 0.3 is 0 Å². The summed E-state index contributed by atoms with van der Waals surface area (Å²) in [6, 6.07) is 3.99. The van der Waals surface area contributed by atoms with Crippen LogP contribution in [0.1, 0.15) is 63.6 Å². The van der Waals surface area contributed by atoms with Crippen LogP contribution in [0.25, 0.3) is 0 Å². The van der Waals surface area contributed by atoms with Gasteiger partial charge in [0.25, 0.3) is 0 Å². The molecule has 0 fully saturated rings. The van der Waals surface area contributed by atoms with Crippen LogP contribution in [-0.4, -0.2) is 11.6 Å². The molecule has 0 aliphatic heterocycles. The minimum absolute atomic E-state index is 0.517. The summed E-state index contributed by atoms with van der Waals surface area (Å²) in [5, 5.41) is 0. The van der Waals surface area contributed by atoms with Gasteiger partial charge in [-0.15, -0.1) is 11.6 Å². The van der Waals surface area contributed by atoms with E-state index >= 15 is 0 Å². The molecular weight excluding hydrogens is 258 g/mol. The van der Waals surface area contributed by atoms with E-state index in [0.29, 0.717) is 5.88 Å². The van der Waals surface area contributed by atoms with Gasteiger partial charge in [-0.25, -0.2) is 4.98 Å². The molecule has 1 rings (SSSR count). The molecule has 108 valence electrons. The lowest BCUT2D eigenvalue weighted by Gasteiger charge is -2.08. The third-order valence-electron chi connectivity index (χ3n) is 3.18. The maximum Gasteiger partial charge on any atom is 0.213 e. The Morgan fingerprint density at radius 2 is 1.79 bits per heavy atom. The van der Waals surface area contributed by atoms with Crippen molar-refractivity contribution < 1.29 is 4.74 Å². The van der Waals surface area contributed by atoms with Gasteiger partial charge in [0.2, 0.25) is 5.88 Å². The van der Waals surface area contributed by atoms with Crippen molar-refractivity contribution in [2.24, 2.45) is 0 Å². The molecule has 0 spiro atoms. The molecule has 0 radical (unpaired) electrons. The molecule has 0 N–H and O–H groups in total. The van der Waals surface area contributed by atoms with E-state index in [4.69, 9.17) is 16.3 Å². The number of halogens is 1. The fraction of sp³-hybridized carbons (Fsp3) is 0.688. The molecule has 0 aromatic carbocycles. The number of hydrogen-bond donors (Lipinski definition) is 0. The van der Waals surface area contributed by atoms with Crippen molar-refractivity contribution >= 4 is 11.6 Å². The summed E-state index contributed by atoms with van der Waals surface area (Å²) in [7, 11) is 0. The molecule has 0 aliphatic rings. The molecular formula is C16H26ClNO. The highest BCUT2D eigenvalue weighted by Crippen LogP contribution is 2.16. The van der Waals surface area contributed by atoms with Crippen LogP contribution in [0.15, 0.2) is 12.1 Å². The number of aromatic nitrogens is 1. The van der Waals surface area contributed by atoms with Gasteiger partial charge in [0.1, 0.15) is 0 Å². The normalized spacial score (nSPS) is 10.7. The molecule has 0 unspecified atom stereocenters. The number of nitrogens with zero attached hydrogens (tertiary/aromatic N) is 1. The van der Waals surface area contributed by atoms with Crippen molar-refractivity contribution in [2.45, 2.75) is 64.7 Å². The fourth-order valence-corrected chi connectivity index (χ4v) is 2.17. The third kappa shape index (κ3) is 6.81. The predicted molar refractivity (Wildman–Crippen MR) is 82.0 cm³/mol. The smallest absolute Gasteiger partial charge is 0.213 e. The van der Waals surface area contributed by atoms with Crippen LogP contribution in [0, 0.1) is 0 Å². The van der Waals surface area contributed by atoms with E-state index in [2.05, 4.69) is 18.8 Å². The lowest BCUT2D eigenvalue weighted by molar-refractivity contribution is 0.292. The molecule has 0 atom stereocenters. The van der Waals surface area contributed by atoms with E-state index in [9.17, 15) is 0 Å². The van der Waals surface area contributed by atoms with E-state index in [0.717, 1.165) is 36.6 Å².